The van der Waals surface area contributed by atoms with Crippen LogP contribution < -0.4 is 4.74 Å². The van der Waals surface area contributed by atoms with Crippen molar-refractivity contribution in [2.75, 3.05) is 0 Å². The molecule has 0 atom stereocenters. The van der Waals surface area contributed by atoms with Gasteiger partial charge in [0.25, 0.3) is 0 Å². The fourth-order valence-corrected chi connectivity index (χ4v) is 3.72. The van der Waals surface area contributed by atoms with Crippen LogP contribution in [0, 0.1) is 6.92 Å². The molecule has 0 aliphatic rings. The third-order valence-corrected chi connectivity index (χ3v) is 5.67. The van der Waals surface area contributed by atoms with Crippen LogP contribution in [0.1, 0.15) is 21.2 Å². The molecule has 184 valence electrons. The van der Waals surface area contributed by atoms with Gasteiger partial charge in [0.15, 0.2) is 5.82 Å². The van der Waals surface area contributed by atoms with E-state index in [9.17, 15) is 18.0 Å². The SMILES string of the molecule is Cc1cncs1.Cn1ccnc1C(=O)c1cn(-c2cccc(-c3ccccc3OC(F)(F)F)c2)cn1. The Morgan fingerprint density at radius 2 is 1.89 bits per heavy atom. The van der Waals surface area contributed by atoms with E-state index in [0.717, 1.165) is 0 Å². The van der Waals surface area contributed by atoms with Gasteiger partial charge >= 0.3 is 6.36 Å². The lowest BCUT2D eigenvalue weighted by molar-refractivity contribution is -0.274. The third kappa shape index (κ3) is 6.05. The average molecular weight is 512 g/mol. The number of thiazole rings is 1. The minimum absolute atomic E-state index is 0.204. The number of hydrogen-bond acceptors (Lipinski definition) is 6. The van der Waals surface area contributed by atoms with Crippen molar-refractivity contribution in [2.45, 2.75) is 13.3 Å². The highest BCUT2D eigenvalue weighted by Crippen LogP contribution is 2.34. The van der Waals surface area contributed by atoms with E-state index in [1.807, 2.05) is 18.6 Å². The summed E-state index contributed by atoms with van der Waals surface area (Å²) in [6.45, 7) is 2.04. The first-order valence-electron chi connectivity index (χ1n) is 10.6. The van der Waals surface area contributed by atoms with E-state index in [1.54, 1.807) is 76.3 Å². The van der Waals surface area contributed by atoms with Gasteiger partial charge in [0.2, 0.25) is 5.78 Å². The zero-order valence-corrected chi connectivity index (χ0v) is 20.0. The second-order valence-corrected chi connectivity index (χ2v) is 8.65. The van der Waals surface area contributed by atoms with E-state index in [2.05, 4.69) is 19.7 Å². The van der Waals surface area contributed by atoms with E-state index in [-0.39, 0.29) is 23.1 Å². The van der Waals surface area contributed by atoms with Gasteiger partial charge in [-0.25, -0.2) is 9.97 Å². The van der Waals surface area contributed by atoms with Crippen molar-refractivity contribution >= 4 is 17.1 Å². The highest BCUT2D eigenvalue weighted by molar-refractivity contribution is 7.09. The molecular weight excluding hydrogens is 491 g/mol. The number of ether oxygens (including phenoxy) is 1. The summed E-state index contributed by atoms with van der Waals surface area (Å²) in [7, 11) is 1.71. The molecule has 3 aromatic heterocycles. The predicted octanol–water partition coefficient (Wildman–Crippen LogP) is 5.85. The first-order valence-corrected chi connectivity index (χ1v) is 11.5. The highest BCUT2D eigenvalue weighted by Gasteiger charge is 2.32. The molecule has 36 heavy (non-hydrogen) atoms. The standard InChI is InChI=1S/C21H15F3N4O2.C4H5NS/c1-27-10-9-25-20(27)19(29)17-12-28(13-26-17)15-6-4-5-14(11-15)16-7-2-3-8-18(16)30-21(22,23)24;1-4-2-5-3-6-4/h2-13H,1H3;2-3H,1H3. The number of nitrogens with zero attached hydrogens (tertiary/aromatic N) is 5. The van der Waals surface area contributed by atoms with E-state index in [4.69, 9.17) is 0 Å². The lowest BCUT2D eigenvalue weighted by atomic mass is 10.0. The van der Waals surface area contributed by atoms with E-state index >= 15 is 0 Å². The molecule has 7 nitrogen and oxygen atoms in total. The molecule has 5 aromatic rings. The Bertz CT molecular complexity index is 1460. The first-order chi connectivity index (χ1) is 17.2. The lowest BCUT2D eigenvalue weighted by Crippen LogP contribution is -2.17. The van der Waals surface area contributed by atoms with Crippen LogP contribution >= 0.6 is 11.3 Å². The molecule has 0 bridgehead atoms. The molecule has 5 rings (SSSR count). The Balaban J connectivity index is 0.000000445. The van der Waals surface area contributed by atoms with Crippen molar-refractivity contribution < 1.29 is 22.7 Å². The van der Waals surface area contributed by atoms with Gasteiger partial charge in [0, 0.05) is 48.0 Å². The Labute approximate surface area is 208 Å². The Hall–Kier alpha value is -4.25. The third-order valence-electron chi connectivity index (χ3n) is 4.96. The van der Waals surface area contributed by atoms with E-state index < -0.39 is 6.36 Å². The molecule has 0 unspecified atom stereocenters. The molecule has 0 N–H and O–H groups in total. The van der Waals surface area contributed by atoms with Gasteiger partial charge in [-0.05, 0) is 30.7 Å². The van der Waals surface area contributed by atoms with Crippen molar-refractivity contribution in [3.8, 4) is 22.6 Å². The highest BCUT2D eigenvalue weighted by atomic mass is 32.1. The molecule has 0 fully saturated rings. The number of halogens is 3. The molecule has 0 saturated carbocycles. The van der Waals surface area contributed by atoms with Gasteiger partial charge in [0.1, 0.15) is 17.8 Å². The minimum atomic E-state index is -4.79. The maximum absolute atomic E-state index is 12.7. The number of imidazole rings is 2. The van der Waals surface area contributed by atoms with Crippen LogP contribution in [0.3, 0.4) is 0 Å². The van der Waals surface area contributed by atoms with Crippen molar-refractivity contribution in [1.82, 2.24) is 24.1 Å². The van der Waals surface area contributed by atoms with Gasteiger partial charge in [-0.1, -0.05) is 30.3 Å². The number of carbonyl (C=O) groups excluding carboxylic acids is 1. The molecule has 0 saturated heterocycles. The normalized spacial score (nSPS) is 11.0. The average Bonchev–Trinajstić information content (AvgIpc) is 3.61. The van der Waals surface area contributed by atoms with E-state index in [1.165, 1.54) is 29.5 Å². The van der Waals surface area contributed by atoms with Crippen LogP contribution in [0.4, 0.5) is 13.2 Å². The molecule has 0 aliphatic heterocycles. The van der Waals surface area contributed by atoms with Crippen molar-refractivity contribution in [3.63, 3.8) is 0 Å². The maximum atomic E-state index is 12.7. The molecule has 0 spiro atoms. The molecule has 11 heteroatoms. The largest absolute Gasteiger partial charge is 0.573 e. The number of ketones is 1. The molecular formula is C25H20F3N5O2S. The number of aromatic nitrogens is 5. The van der Waals surface area contributed by atoms with Gasteiger partial charge in [-0.2, -0.15) is 0 Å². The summed E-state index contributed by atoms with van der Waals surface area (Å²) < 4.78 is 45.6. The Morgan fingerprint density at radius 3 is 2.53 bits per heavy atom. The fourth-order valence-electron chi connectivity index (χ4n) is 3.31. The summed E-state index contributed by atoms with van der Waals surface area (Å²) in [5.41, 5.74) is 3.48. The Morgan fingerprint density at radius 1 is 1.08 bits per heavy atom. The van der Waals surface area contributed by atoms with Crippen LogP contribution in [-0.4, -0.2) is 36.2 Å². The predicted molar refractivity (Wildman–Crippen MR) is 129 cm³/mol. The topological polar surface area (TPSA) is 74.8 Å². The summed E-state index contributed by atoms with van der Waals surface area (Å²) in [6, 6.07) is 12.7. The lowest BCUT2D eigenvalue weighted by Gasteiger charge is -2.14. The number of benzene rings is 2. The van der Waals surface area contributed by atoms with Crippen LogP contribution in [0.5, 0.6) is 5.75 Å². The quantitative estimate of drug-likeness (QED) is 0.277. The first kappa shape index (κ1) is 24.9. The number of para-hydroxylation sites is 1. The zero-order valence-electron chi connectivity index (χ0n) is 19.2. The van der Waals surface area contributed by atoms with Gasteiger partial charge in [-0.3, -0.25) is 9.78 Å². The fraction of sp³-hybridized carbons (Fsp3) is 0.120. The second-order valence-electron chi connectivity index (χ2n) is 7.56. The number of rotatable bonds is 5. The summed E-state index contributed by atoms with van der Waals surface area (Å²) >= 11 is 1.67. The van der Waals surface area contributed by atoms with Crippen LogP contribution in [0.2, 0.25) is 0 Å². The van der Waals surface area contributed by atoms with Crippen LogP contribution in [0.25, 0.3) is 16.8 Å². The van der Waals surface area contributed by atoms with E-state index in [0.29, 0.717) is 16.8 Å². The monoisotopic (exact) mass is 511 g/mol. The molecule has 0 aliphatic carbocycles. The smallest absolute Gasteiger partial charge is 0.405 e. The second kappa shape index (κ2) is 10.6. The van der Waals surface area contributed by atoms with Crippen molar-refractivity contribution in [3.05, 3.63) is 102 Å². The summed E-state index contributed by atoms with van der Waals surface area (Å²) in [6.07, 6.45) is 3.26. The zero-order chi connectivity index (χ0) is 25.7. The van der Waals surface area contributed by atoms with Gasteiger partial charge < -0.3 is 13.9 Å². The summed E-state index contributed by atoms with van der Waals surface area (Å²) in [4.78, 5) is 25.8. The number of carbonyl (C=O) groups is 1. The van der Waals surface area contributed by atoms with Crippen LogP contribution in [0.15, 0.2) is 85.2 Å². The number of aryl methyl sites for hydroxylation is 2. The number of alkyl halides is 3. The molecule has 2 aromatic carbocycles. The molecule has 3 heterocycles. The maximum Gasteiger partial charge on any atom is 0.573 e. The van der Waals surface area contributed by atoms with Gasteiger partial charge in [-0.15, -0.1) is 24.5 Å². The van der Waals surface area contributed by atoms with Crippen molar-refractivity contribution in [2.24, 2.45) is 7.05 Å². The summed E-state index contributed by atoms with van der Waals surface area (Å²) in [5.74, 6) is -0.369. The molecule has 0 amide bonds. The number of hydrogen-bond donors (Lipinski definition) is 0. The van der Waals surface area contributed by atoms with Crippen LogP contribution in [-0.2, 0) is 7.05 Å². The summed E-state index contributed by atoms with van der Waals surface area (Å²) in [5, 5.41) is 0. The Kier molecular flexibility index (Phi) is 7.30. The van der Waals surface area contributed by atoms with Crippen molar-refractivity contribution in [1.29, 1.82) is 0 Å². The molecule has 0 radical (unpaired) electrons. The van der Waals surface area contributed by atoms with Gasteiger partial charge in [0.05, 0.1) is 5.51 Å². The minimum Gasteiger partial charge on any atom is -0.405 e.